The molecule has 0 amide bonds. The van der Waals surface area contributed by atoms with E-state index in [1.54, 1.807) is 6.20 Å². The van der Waals surface area contributed by atoms with Crippen LogP contribution in [0.15, 0.2) is 42.7 Å². The molecule has 2 unspecified atom stereocenters. The molecule has 0 bridgehead atoms. The van der Waals surface area contributed by atoms with Crippen LogP contribution in [0.25, 0.3) is 5.69 Å². The van der Waals surface area contributed by atoms with E-state index in [-0.39, 0.29) is 5.41 Å². The van der Waals surface area contributed by atoms with E-state index in [0.717, 1.165) is 17.7 Å². The van der Waals surface area contributed by atoms with Crippen LogP contribution >= 0.6 is 0 Å². The van der Waals surface area contributed by atoms with Gasteiger partial charge < -0.3 is 5.11 Å². The molecule has 2 atom stereocenters. The zero-order valence-electron chi connectivity index (χ0n) is 12.2. The van der Waals surface area contributed by atoms with Gasteiger partial charge in [-0.25, -0.2) is 4.68 Å². The van der Waals surface area contributed by atoms with Crippen molar-refractivity contribution in [3.8, 4) is 5.69 Å². The molecule has 1 fully saturated rings. The molecule has 1 aromatic carbocycles. The maximum absolute atomic E-state index is 10.7. The molecule has 0 saturated heterocycles. The quantitative estimate of drug-likeness (QED) is 0.922. The summed E-state index contributed by atoms with van der Waals surface area (Å²) in [6.07, 6.45) is 6.85. The fourth-order valence-electron chi connectivity index (χ4n) is 3.38. The van der Waals surface area contributed by atoms with Crippen molar-refractivity contribution in [1.29, 1.82) is 0 Å². The van der Waals surface area contributed by atoms with Crippen LogP contribution in [0.2, 0.25) is 0 Å². The van der Waals surface area contributed by atoms with E-state index in [1.165, 1.54) is 12.8 Å². The van der Waals surface area contributed by atoms with Crippen molar-refractivity contribution in [3.05, 3.63) is 48.3 Å². The van der Waals surface area contributed by atoms with Crippen molar-refractivity contribution in [1.82, 2.24) is 9.78 Å². The van der Waals surface area contributed by atoms with Crippen LogP contribution < -0.4 is 0 Å². The Morgan fingerprint density at radius 1 is 1.30 bits per heavy atom. The molecule has 1 aliphatic rings. The highest BCUT2D eigenvalue weighted by atomic mass is 16.3. The Hall–Kier alpha value is -1.61. The molecule has 3 heteroatoms. The molecule has 3 rings (SSSR count). The first-order valence-corrected chi connectivity index (χ1v) is 7.36. The van der Waals surface area contributed by atoms with Crippen molar-refractivity contribution < 1.29 is 5.11 Å². The van der Waals surface area contributed by atoms with Crippen LogP contribution in [-0.2, 0) is 0 Å². The minimum atomic E-state index is -0.412. The number of nitrogens with zero attached hydrogens (tertiary/aromatic N) is 2. The molecule has 1 aromatic heterocycles. The topological polar surface area (TPSA) is 38.1 Å². The van der Waals surface area contributed by atoms with E-state index in [4.69, 9.17) is 0 Å². The number of para-hydroxylation sites is 1. The summed E-state index contributed by atoms with van der Waals surface area (Å²) in [7, 11) is 0. The van der Waals surface area contributed by atoms with Gasteiger partial charge in [0.15, 0.2) is 0 Å². The van der Waals surface area contributed by atoms with E-state index in [9.17, 15) is 5.11 Å². The minimum absolute atomic E-state index is 0.217. The smallest absolute Gasteiger partial charge is 0.0853 e. The zero-order valence-corrected chi connectivity index (χ0v) is 12.2. The molecule has 106 valence electrons. The van der Waals surface area contributed by atoms with Gasteiger partial charge in [-0.05, 0) is 36.3 Å². The number of aromatic nitrogens is 2. The van der Waals surface area contributed by atoms with E-state index in [0.29, 0.717) is 5.92 Å². The van der Waals surface area contributed by atoms with Gasteiger partial charge in [0.2, 0.25) is 0 Å². The van der Waals surface area contributed by atoms with Gasteiger partial charge in [-0.1, -0.05) is 38.5 Å². The highest BCUT2D eigenvalue weighted by Gasteiger charge is 2.39. The Bertz CT molecular complexity index is 574. The third-order valence-electron chi connectivity index (χ3n) is 4.69. The fourth-order valence-corrected chi connectivity index (χ4v) is 3.38. The number of aliphatic hydroxyl groups is 1. The highest BCUT2D eigenvalue weighted by molar-refractivity contribution is 5.31. The predicted molar refractivity (Wildman–Crippen MR) is 79.6 cm³/mol. The van der Waals surface area contributed by atoms with E-state index >= 15 is 0 Å². The van der Waals surface area contributed by atoms with E-state index in [1.807, 2.05) is 41.2 Å². The number of benzene rings is 1. The van der Waals surface area contributed by atoms with Crippen molar-refractivity contribution >= 4 is 0 Å². The predicted octanol–water partition coefficient (Wildman–Crippen LogP) is 3.73. The summed E-state index contributed by atoms with van der Waals surface area (Å²) in [5.41, 5.74) is 2.17. The number of rotatable bonds is 3. The molecular formula is C17H22N2O. The largest absolute Gasteiger partial charge is 0.388 e. The monoisotopic (exact) mass is 270 g/mol. The van der Waals surface area contributed by atoms with Crippen LogP contribution in [0.3, 0.4) is 0 Å². The lowest BCUT2D eigenvalue weighted by molar-refractivity contribution is 0.0531. The molecule has 1 aliphatic carbocycles. The summed E-state index contributed by atoms with van der Waals surface area (Å²) in [4.78, 5) is 0. The number of hydrogen-bond acceptors (Lipinski definition) is 2. The van der Waals surface area contributed by atoms with Crippen molar-refractivity contribution in [2.75, 3.05) is 0 Å². The molecule has 20 heavy (non-hydrogen) atoms. The van der Waals surface area contributed by atoms with Crippen LogP contribution in [0.4, 0.5) is 0 Å². The second-order valence-corrected chi connectivity index (χ2v) is 6.49. The van der Waals surface area contributed by atoms with Gasteiger partial charge in [0.05, 0.1) is 18.0 Å². The molecule has 1 N–H and O–H groups in total. The average molecular weight is 270 g/mol. The summed E-state index contributed by atoms with van der Waals surface area (Å²) in [5, 5.41) is 15.0. The molecule has 2 aromatic rings. The van der Waals surface area contributed by atoms with Gasteiger partial charge in [-0.3, -0.25) is 0 Å². The average Bonchev–Trinajstić information content (AvgIpc) is 3.05. The Kier molecular flexibility index (Phi) is 3.38. The summed E-state index contributed by atoms with van der Waals surface area (Å²) in [6.45, 7) is 4.52. The minimum Gasteiger partial charge on any atom is -0.388 e. The Labute approximate surface area is 120 Å². The lowest BCUT2D eigenvalue weighted by Gasteiger charge is -2.30. The van der Waals surface area contributed by atoms with Gasteiger partial charge in [0, 0.05) is 11.8 Å². The SMILES string of the molecule is CC1(C)CCCC1C(O)c1cnn(-c2ccccc2)c1. The fraction of sp³-hybridized carbons (Fsp3) is 0.471. The van der Waals surface area contributed by atoms with Gasteiger partial charge in [-0.2, -0.15) is 5.10 Å². The first-order valence-electron chi connectivity index (χ1n) is 7.36. The second kappa shape index (κ2) is 5.06. The van der Waals surface area contributed by atoms with E-state index in [2.05, 4.69) is 18.9 Å². The summed E-state index contributed by atoms with van der Waals surface area (Å²) in [5.74, 6) is 0.330. The van der Waals surface area contributed by atoms with Crippen LogP contribution in [0.1, 0.15) is 44.8 Å². The molecule has 1 heterocycles. The number of hydrogen-bond donors (Lipinski definition) is 1. The molecule has 0 spiro atoms. The van der Waals surface area contributed by atoms with Crippen molar-refractivity contribution in [3.63, 3.8) is 0 Å². The van der Waals surface area contributed by atoms with Gasteiger partial charge in [-0.15, -0.1) is 0 Å². The van der Waals surface area contributed by atoms with Crippen molar-refractivity contribution in [2.45, 2.75) is 39.2 Å². The first-order chi connectivity index (χ1) is 9.58. The standard InChI is InChI=1S/C17H22N2O/c1-17(2)10-6-9-15(17)16(20)13-11-18-19(12-13)14-7-4-3-5-8-14/h3-5,7-8,11-12,15-16,20H,6,9-10H2,1-2H3. The summed E-state index contributed by atoms with van der Waals surface area (Å²) < 4.78 is 1.83. The van der Waals surface area contributed by atoms with Crippen LogP contribution in [0, 0.1) is 11.3 Å². The van der Waals surface area contributed by atoms with E-state index < -0.39 is 6.10 Å². The first kappa shape index (κ1) is 13.4. The third kappa shape index (κ3) is 2.38. The Morgan fingerprint density at radius 2 is 2.05 bits per heavy atom. The van der Waals surface area contributed by atoms with Crippen LogP contribution in [-0.4, -0.2) is 14.9 Å². The Morgan fingerprint density at radius 3 is 2.70 bits per heavy atom. The lowest BCUT2D eigenvalue weighted by Crippen LogP contribution is -2.23. The summed E-state index contributed by atoms with van der Waals surface area (Å²) >= 11 is 0. The molecule has 0 aliphatic heterocycles. The lowest BCUT2D eigenvalue weighted by atomic mass is 9.77. The third-order valence-corrected chi connectivity index (χ3v) is 4.69. The highest BCUT2D eigenvalue weighted by Crippen LogP contribution is 2.48. The van der Waals surface area contributed by atoms with Crippen LogP contribution in [0.5, 0.6) is 0 Å². The van der Waals surface area contributed by atoms with Gasteiger partial charge in [0.25, 0.3) is 0 Å². The molecule has 3 nitrogen and oxygen atoms in total. The molecular weight excluding hydrogens is 248 g/mol. The molecule has 1 saturated carbocycles. The van der Waals surface area contributed by atoms with Crippen molar-refractivity contribution in [2.24, 2.45) is 11.3 Å². The second-order valence-electron chi connectivity index (χ2n) is 6.49. The number of aliphatic hydroxyl groups excluding tert-OH is 1. The van der Waals surface area contributed by atoms with Gasteiger partial charge >= 0.3 is 0 Å². The zero-order chi connectivity index (χ0) is 14.2. The maximum Gasteiger partial charge on any atom is 0.0853 e. The summed E-state index contributed by atoms with van der Waals surface area (Å²) in [6, 6.07) is 10.0. The normalized spacial score (nSPS) is 22.9. The maximum atomic E-state index is 10.7. The Balaban J connectivity index is 1.83. The molecule has 0 radical (unpaired) electrons. The van der Waals surface area contributed by atoms with Gasteiger partial charge in [0.1, 0.15) is 0 Å².